The zero-order chi connectivity index (χ0) is 22.2. The van der Waals surface area contributed by atoms with E-state index in [0.29, 0.717) is 5.69 Å². The number of amidine groups is 2. The molecule has 0 aliphatic heterocycles. The molecule has 0 spiro atoms. The highest BCUT2D eigenvalue weighted by Gasteiger charge is 2.43. The highest BCUT2D eigenvalue weighted by Crippen LogP contribution is 2.45. The molecule has 1 fully saturated rings. The summed E-state index contributed by atoms with van der Waals surface area (Å²) in [4.78, 5) is 8.14. The Morgan fingerprint density at radius 2 is 1.93 bits per heavy atom. The molecule has 10 nitrogen and oxygen atoms in total. The molecule has 0 radical (unpaired) electrons. The Morgan fingerprint density at radius 1 is 1.31 bits per heavy atom. The third-order valence-electron chi connectivity index (χ3n) is 3.93. The van der Waals surface area contributed by atoms with E-state index in [4.69, 9.17) is 16.6 Å². The predicted molar refractivity (Wildman–Crippen MR) is 115 cm³/mol. The molecule has 1 aliphatic carbocycles. The number of hydrogen-bond acceptors (Lipinski definition) is 6. The molecule has 2 rings (SSSR count). The van der Waals surface area contributed by atoms with Gasteiger partial charge in [0.1, 0.15) is 5.82 Å². The lowest BCUT2D eigenvalue weighted by atomic mass is 10.1. The Bertz CT molecular complexity index is 915. The summed E-state index contributed by atoms with van der Waals surface area (Å²) < 4.78 is 37.7. The number of hydrogen-bond donors (Lipinski definition) is 5. The summed E-state index contributed by atoms with van der Waals surface area (Å²) in [5.74, 6) is -0.848. The Labute approximate surface area is 177 Å². The van der Waals surface area contributed by atoms with Crippen LogP contribution < -0.4 is 21.3 Å². The summed E-state index contributed by atoms with van der Waals surface area (Å²) in [6.45, 7) is 4.32. The molecular weight excluding hydrogens is 469 g/mol. The van der Waals surface area contributed by atoms with E-state index in [1.54, 1.807) is 0 Å². The lowest BCUT2D eigenvalue weighted by Crippen LogP contribution is -2.38. The van der Waals surface area contributed by atoms with Gasteiger partial charge in [0, 0.05) is 18.5 Å². The molecule has 0 atom stereocenters. The smallest absolute Gasteiger partial charge is 0.274 e. The molecule has 0 heterocycles. The summed E-state index contributed by atoms with van der Waals surface area (Å²) in [5.41, 5.74) is 11.3. The van der Waals surface area contributed by atoms with Crippen LogP contribution >= 0.6 is 15.9 Å². The molecule has 1 aromatic rings. The van der Waals surface area contributed by atoms with Gasteiger partial charge in [0.05, 0.1) is 10.2 Å². The zero-order valence-corrected chi connectivity index (χ0v) is 18.5. The van der Waals surface area contributed by atoms with E-state index in [1.165, 1.54) is 18.2 Å². The first-order valence-corrected chi connectivity index (χ1v) is 11.0. The van der Waals surface area contributed by atoms with E-state index in [9.17, 15) is 18.0 Å². The van der Waals surface area contributed by atoms with Crippen LogP contribution in [0, 0.1) is 11.2 Å². The lowest BCUT2D eigenvalue weighted by Gasteiger charge is -2.13. The van der Waals surface area contributed by atoms with E-state index in [1.807, 2.05) is 13.8 Å². The minimum atomic E-state index is -3.79. The number of aliphatic imine (C=N–C) groups is 2. The van der Waals surface area contributed by atoms with E-state index in [0.717, 1.165) is 12.8 Å². The number of oxime groups is 1. The fourth-order valence-electron chi connectivity index (χ4n) is 2.13. The van der Waals surface area contributed by atoms with E-state index < -0.39 is 16.0 Å². The molecule has 8 N–H and O–H groups in total. The number of nitrogens with two attached hydrogens (primary N) is 3. The Hall–Kier alpha value is -2.09. The summed E-state index contributed by atoms with van der Waals surface area (Å²) in [6.07, 6.45) is 1.48. The van der Waals surface area contributed by atoms with Crippen LogP contribution in [0.15, 0.2) is 37.8 Å². The van der Waals surface area contributed by atoms with Crippen LogP contribution in [-0.4, -0.2) is 44.1 Å². The van der Waals surface area contributed by atoms with Crippen molar-refractivity contribution in [1.29, 1.82) is 0 Å². The van der Waals surface area contributed by atoms with Crippen LogP contribution in [0.1, 0.15) is 26.7 Å². The summed E-state index contributed by atoms with van der Waals surface area (Å²) in [5, 5.41) is 17.1. The average Bonchev–Trinajstić information content (AvgIpc) is 3.44. The van der Waals surface area contributed by atoms with Crippen LogP contribution in [0.25, 0.3) is 0 Å². The molecule has 1 saturated carbocycles. The first-order chi connectivity index (χ1) is 13.6. The SMILES string of the molecule is CC.NC(=NCC1(CNS(N)(=O)=O)CC1)/C(=N\O)C(N)=Nc1ccc(F)c(Br)c1. The largest absolute Gasteiger partial charge is 0.410 e. The zero-order valence-electron chi connectivity index (χ0n) is 16.1. The molecule has 29 heavy (non-hydrogen) atoms. The maximum absolute atomic E-state index is 13.3. The van der Waals surface area contributed by atoms with Crippen molar-refractivity contribution in [2.45, 2.75) is 26.7 Å². The van der Waals surface area contributed by atoms with E-state index in [2.05, 4.69) is 35.8 Å². The van der Waals surface area contributed by atoms with Crippen molar-refractivity contribution in [2.75, 3.05) is 13.1 Å². The standard InChI is InChI=1S/C14H19BrFN7O3S.C2H6/c15-9-5-8(1-2-10(9)16)22-13(18)11(23-24)12(17)20-6-14(3-4-14)7-21-27(19,25)26;1-2/h1-2,5,21,24H,3-4,6-7H2,(H2,17,20)(H2,18,22)(H2,19,25,26);1-2H3/b23-11+;. The highest BCUT2D eigenvalue weighted by atomic mass is 79.9. The normalized spacial score (nSPS) is 16.8. The lowest BCUT2D eigenvalue weighted by molar-refractivity contribution is 0.321. The van der Waals surface area contributed by atoms with Crippen LogP contribution in [-0.2, 0) is 10.2 Å². The number of rotatable bonds is 8. The summed E-state index contributed by atoms with van der Waals surface area (Å²) in [7, 11) is -3.79. The highest BCUT2D eigenvalue weighted by molar-refractivity contribution is 9.10. The first-order valence-electron chi connectivity index (χ1n) is 8.64. The fraction of sp³-hybridized carbons (Fsp3) is 0.438. The minimum Gasteiger partial charge on any atom is -0.410 e. The van der Waals surface area contributed by atoms with Crippen molar-refractivity contribution >= 4 is 49.2 Å². The molecule has 0 bridgehead atoms. The monoisotopic (exact) mass is 493 g/mol. The van der Waals surface area contributed by atoms with Crippen molar-refractivity contribution in [3.63, 3.8) is 0 Å². The van der Waals surface area contributed by atoms with Crippen LogP contribution in [0.3, 0.4) is 0 Å². The van der Waals surface area contributed by atoms with Gasteiger partial charge in [-0.2, -0.15) is 8.42 Å². The molecule has 0 amide bonds. The number of nitrogens with one attached hydrogen (secondary N) is 1. The molecule has 1 aliphatic rings. The molecule has 162 valence electrons. The van der Waals surface area contributed by atoms with Gasteiger partial charge >= 0.3 is 0 Å². The molecule has 0 aromatic heterocycles. The second-order valence-electron chi connectivity index (χ2n) is 6.11. The van der Waals surface area contributed by atoms with Gasteiger partial charge in [-0.3, -0.25) is 4.99 Å². The van der Waals surface area contributed by atoms with Crippen molar-refractivity contribution in [1.82, 2.24) is 4.72 Å². The number of halogens is 2. The topological polar surface area (TPSA) is 182 Å². The second-order valence-corrected chi connectivity index (χ2v) is 8.34. The van der Waals surface area contributed by atoms with Gasteiger partial charge < -0.3 is 16.7 Å². The summed E-state index contributed by atoms with van der Waals surface area (Å²) >= 11 is 3.03. The average molecular weight is 494 g/mol. The van der Waals surface area contributed by atoms with Crippen molar-refractivity contribution in [3.05, 3.63) is 28.5 Å². The van der Waals surface area contributed by atoms with Crippen molar-refractivity contribution in [3.8, 4) is 0 Å². The van der Waals surface area contributed by atoms with Crippen molar-refractivity contribution in [2.24, 2.45) is 37.2 Å². The molecule has 13 heteroatoms. The molecule has 0 unspecified atom stereocenters. The number of benzene rings is 1. The van der Waals surface area contributed by atoms with Crippen LogP contribution in [0.4, 0.5) is 10.1 Å². The Balaban J connectivity index is 0.00000204. The third kappa shape index (κ3) is 8.04. The van der Waals surface area contributed by atoms with E-state index in [-0.39, 0.29) is 40.4 Å². The van der Waals surface area contributed by atoms with Gasteiger partial charge in [-0.25, -0.2) is 19.2 Å². The molecule has 1 aromatic carbocycles. The Morgan fingerprint density at radius 3 is 2.41 bits per heavy atom. The first kappa shape index (κ1) is 24.9. The minimum absolute atomic E-state index is 0.126. The van der Waals surface area contributed by atoms with Gasteiger partial charge in [-0.15, -0.1) is 0 Å². The quantitative estimate of drug-likeness (QED) is 0.158. The predicted octanol–water partition coefficient (Wildman–Crippen LogP) is 1.36. The molecule has 0 saturated heterocycles. The van der Waals surface area contributed by atoms with Gasteiger partial charge in [-0.05, 0) is 47.0 Å². The fourth-order valence-corrected chi connectivity index (χ4v) is 3.00. The van der Waals surface area contributed by atoms with Crippen LogP contribution in [0.2, 0.25) is 0 Å². The van der Waals surface area contributed by atoms with Crippen molar-refractivity contribution < 1.29 is 18.0 Å². The van der Waals surface area contributed by atoms with Gasteiger partial charge in [0.15, 0.2) is 17.4 Å². The second kappa shape index (κ2) is 10.6. The van der Waals surface area contributed by atoms with Gasteiger partial charge in [0.2, 0.25) is 0 Å². The maximum atomic E-state index is 13.3. The van der Waals surface area contributed by atoms with Crippen LogP contribution in [0.5, 0.6) is 0 Å². The van der Waals surface area contributed by atoms with Gasteiger partial charge in [0.25, 0.3) is 10.2 Å². The van der Waals surface area contributed by atoms with E-state index >= 15 is 0 Å². The van der Waals surface area contributed by atoms with Gasteiger partial charge in [-0.1, -0.05) is 19.0 Å². The maximum Gasteiger partial charge on any atom is 0.274 e. The number of nitrogens with zero attached hydrogens (tertiary/aromatic N) is 3. The summed E-state index contributed by atoms with van der Waals surface area (Å²) in [6, 6.07) is 3.97. The third-order valence-corrected chi connectivity index (χ3v) is 5.08. The Kier molecular flexibility index (Phi) is 9.14. The molecular formula is C16H25BrFN7O3S.